The predicted octanol–water partition coefficient (Wildman–Crippen LogP) is 4.39. The van der Waals surface area contributed by atoms with Crippen molar-refractivity contribution in [2.75, 3.05) is 17.7 Å². The predicted molar refractivity (Wildman–Crippen MR) is 98.6 cm³/mol. The van der Waals surface area contributed by atoms with E-state index in [9.17, 15) is 9.59 Å². The lowest BCUT2D eigenvalue weighted by atomic mass is 10.1. The monoisotopic (exact) mass is 363 g/mol. The van der Waals surface area contributed by atoms with Crippen molar-refractivity contribution in [3.8, 4) is 0 Å². The molecule has 0 fully saturated rings. The van der Waals surface area contributed by atoms with Crippen molar-refractivity contribution in [1.82, 2.24) is 0 Å². The van der Waals surface area contributed by atoms with Gasteiger partial charge in [-0.05, 0) is 48.9 Å². The molecule has 1 N–H and O–H groups in total. The van der Waals surface area contributed by atoms with Crippen LogP contribution in [0.15, 0.2) is 48.5 Å². The Morgan fingerprint density at radius 3 is 2.38 bits per heavy atom. The summed E-state index contributed by atoms with van der Waals surface area (Å²) in [5.41, 5.74) is 2.31. The molecular formula is C18H18ClNO3S. The minimum absolute atomic E-state index is 0.0644. The van der Waals surface area contributed by atoms with E-state index in [4.69, 9.17) is 16.3 Å². The molecule has 0 saturated heterocycles. The quantitative estimate of drug-likeness (QED) is 0.741. The molecule has 4 nitrogen and oxygen atoms in total. The third kappa shape index (κ3) is 5.91. The highest BCUT2D eigenvalue weighted by Gasteiger charge is 2.06. The first-order valence-electron chi connectivity index (χ1n) is 7.47. The average molecular weight is 364 g/mol. The van der Waals surface area contributed by atoms with Gasteiger partial charge in [0.05, 0.1) is 17.9 Å². The van der Waals surface area contributed by atoms with Crippen LogP contribution >= 0.6 is 23.4 Å². The Morgan fingerprint density at radius 2 is 1.75 bits per heavy atom. The Labute approximate surface area is 150 Å². The first kappa shape index (κ1) is 18.4. The number of amides is 1. The number of carbonyl (C=O) groups excluding carboxylic acids is 2. The van der Waals surface area contributed by atoms with Gasteiger partial charge < -0.3 is 10.1 Å². The number of thioether (sulfide) groups is 1. The molecule has 0 unspecified atom stereocenters. The molecule has 24 heavy (non-hydrogen) atoms. The van der Waals surface area contributed by atoms with Gasteiger partial charge in [-0.15, -0.1) is 11.8 Å². The molecule has 0 spiro atoms. The minimum atomic E-state index is -0.320. The molecule has 0 bridgehead atoms. The van der Waals surface area contributed by atoms with E-state index in [0.29, 0.717) is 28.7 Å². The molecule has 2 aromatic carbocycles. The van der Waals surface area contributed by atoms with Crippen molar-refractivity contribution >= 4 is 40.9 Å². The second-order valence-corrected chi connectivity index (χ2v) is 6.39. The number of rotatable bonds is 7. The Kier molecular flexibility index (Phi) is 7.15. The van der Waals surface area contributed by atoms with E-state index in [1.54, 1.807) is 43.3 Å². The number of carbonyl (C=O) groups is 2. The fraction of sp³-hybridized carbons (Fsp3) is 0.222. The van der Waals surface area contributed by atoms with Gasteiger partial charge in [-0.25, -0.2) is 4.79 Å². The van der Waals surface area contributed by atoms with Crippen LogP contribution in [-0.2, 0) is 15.3 Å². The van der Waals surface area contributed by atoms with Crippen molar-refractivity contribution in [3.05, 3.63) is 64.7 Å². The number of benzene rings is 2. The highest BCUT2D eigenvalue weighted by atomic mass is 35.5. The van der Waals surface area contributed by atoms with Gasteiger partial charge in [0, 0.05) is 16.5 Å². The zero-order valence-corrected chi connectivity index (χ0v) is 14.8. The van der Waals surface area contributed by atoms with Crippen LogP contribution in [0.1, 0.15) is 22.8 Å². The maximum Gasteiger partial charge on any atom is 0.338 e. The summed E-state index contributed by atoms with van der Waals surface area (Å²) in [6.45, 7) is 2.14. The summed E-state index contributed by atoms with van der Waals surface area (Å²) in [4.78, 5) is 23.4. The fourth-order valence-corrected chi connectivity index (χ4v) is 2.86. The number of esters is 1. The molecule has 1 amide bonds. The smallest absolute Gasteiger partial charge is 0.338 e. The largest absolute Gasteiger partial charge is 0.462 e. The van der Waals surface area contributed by atoms with Crippen LogP contribution in [0.3, 0.4) is 0 Å². The first-order chi connectivity index (χ1) is 11.6. The lowest BCUT2D eigenvalue weighted by molar-refractivity contribution is -0.113. The van der Waals surface area contributed by atoms with E-state index in [1.165, 1.54) is 11.8 Å². The SMILES string of the molecule is CCOC(=O)c1ccc(CSCC(=O)Nc2ccc(Cl)cc2)cc1. The highest BCUT2D eigenvalue weighted by molar-refractivity contribution is 7.99. The number of ether oxygens (including phenoxy) is 1. The van der Waals surface area contributed by atoms with Gasteiger partial charge >= 0.3 is 5.97 Å². The third-order valence-corrected chi connectivity index (χ3v) is 4.35. The summed E-state index contributed by atoms with van der Waals surface area (Å²) >= 11 is 7.31. The van der Waals surface area contributed by atoms with Gasteiger partial charge in [0.25, 0.3) is 0 Å². The minimum Gasteiger partial charge on any atom is -0.462 e. The van der Waals surface area contributed by atoms with Crippen molar-refractivity contribution in [2.24, 2.45) is 0 Å². The molecule has 0 aliphatic heterocycles. The van der Waals surface area contributed by atoms with Crippen LogP contribution < -0.4 is 5.32 Å². The summed E-state index contributed by atoms with van der Waals surface area (Å²) in [7, 11) is 0. The lowest BCUT2D eigenvalue weighted by Gasteiger charge is -2.06. The van der Waals surface area contributed by atoms with E-state index in [2.05, 4.69) is 5.32 Å². The van der Waals surface area contributed by atoms with Crippen LogP contribution in [-0.4, -0.2) is 24.2 Å². The Bertz CT molecular complexity index is 686. The molecular weight excluding hydrogens is 346 g/mol. The van der Waals surface area contributed by atoms with Gasteiger partial charge in [0.1, 0.15) is 0 Å². The molecule has 0 aliphatic carbocycles. The van der Waals surface area contributed by atoms with Crippen LogP contribution in [0, 0.1) is 0 Å². The summed E-state index contributed by atoms with van der Waals surface area (Å²) in [6.07, 6.45) is 0. The van der Waals surface area contributed by atoms with Gasteiger partial charge in [-0.2, -0.15) is 0 Å². The number of nitrogens with one attached hydrogen (secondary N) is 1. The zero-order chi connectivity index (χ0) is 17.4. The van der Waals surface area contributed by atoms with E-state index in [1.807, 2.05) is 12.1 Å². The first-order valence-corrected chi connectivity index (χ1v) is 9.01. The summed E-state index contributed by atoms with van der Waals surface area (Å²) in [5, 5.41) is 3.45. The van der Waals surface area contributed by atoms with Crippen LogP contribution in [0.25, 0.3) is 0 Å². The molecule has 2 rings (SSSR count). The summed E-state index contributed by atoms with van der Waals surface area (Å²) in [6, 6.07) is 14.2. The molecule has 0 atom stereocenters. The molecule has 126 valence electrons. The molecule has 0 radical (unpaired) electrons. The standard InChI is InChI=1S/C18H18ClNO3S/c1-2-23-18(22)14-5-3-13(4-6-14)11-24-12-17(21)20-16-9-7-15(19)8-10-16/h3-10H,2,11-12H2,1H3,(H,20,21). The van der Waals surface area contributed by atoms with Crippen LogP contribution in [0.4, 0.5) is 5.69 Å². The van der Waals surface area contributed by atoms with Crippen molar-refractivity contribution in [3.63, 3.8) is 0 Å². The van der Waals surface area contributed by atoms with Crippen molar-refractivity contribution < 1.29 is 14.3 Å². The van der Waals surface area contributed by atoms with Gasteiger partial charge in [0.2, 0.25) is 5.91 Å². The fourth-order valence-electron chi connectivity index (χ4n) is 1.94. The van der Waals surface area contributed by atoms with Gasteiger partial charge in [0.15, 0.2) is 0 Å². The Hall–Kier alpha value is -1.98. The number of halogens is 1. The normalized spacial score (nSPS) is 10.2. The highest BCUT2D eigenvalue weighted by Crippen LogP contribution is 2.16. The van der Waals surface area contributed by atoms with Gasteiger partial charge in [-0.1, -0.05) is 23.7 Å². The molecule has 2 aromatic rings. The Morgan fingerprint density at radius 1 is 1.08 bits per heavy atom. The second kappa shape index (κ2) is 9.35. The Balaban J connectivity index is 1.76. The molecule has 0 saturated carbocycles. The maximum absolute atomic E-state index is 11.9. The summed E-state index contributed by atoms with van der Waals surface area (Å²) in [5.74, 6) is 0.656. The zero-order valence-electron chi connectivity index (χ0n) is 13.3. The third-order valence-electron chi connectivity index (χ3n) is 3.09. The van der Waals surface area contributed by atoms with Crippen molar-refractivity contribution in [2.45, 2.75) is 12.7 Å². The van der Waals surface area contributed by atoms with E-state index >= 15 is 0 Å². The molecule has 0 aliphatic rings. The number of hydrogen-bond donors (Lipinski definition) is 1. The van der Waals surface area contributed by atoms with Crippen molar-refractivity contribution in [1.29, 1.82) is 0 Å². The molecule has 0 heterocycles. The van der Waals surface area contributed by atoms with Crippen LogP contribution in [0.2, 0.25) is 5.02 Å². The second-order valence-electron chi connectivity index (χ2n) is 4.97. The molecule has 0 aromatic heterocycles. The van der Waals surface area contributed by atoms with E-state index in [0.717, 1.165) is 11.3 Å². The maximum atomic E-state index is 11.9. The van der Waals surface area contributed by atoms with Gasteiger partial charge in [-0.3, -0.25) is 4.79 Å². The lowest BCUT2D eigenvalue weighted by Crippen LogP contribution is -2.14. The molecule has 6 heteroatoms. The summed E-state index contributed by atoms with van der Waals surface area (Å²) < 4.78 is 4.94. The topological polar surface area (TPSA) is 55.4 Å². The van der Waals surface area contributed by atoms with Crippen LogP contribution in [0.5, 0.6) is 0 Å². The number of anilines is 1. The number of hydrogen-bond acceptors (Lipinski definition) is 4. The average Bonchev–Trinajstić information content (AvgIpc) is 2.58. The van der Waals surface area contributed by atoms with E-state index in [-0.39, 0.29) is 11.9 Å². The van der Waals surface area contributed by atoms with E-state index < -0.39 is 0 Å².